The Balaban J connectivity index is 1.89. The molecule has 1 aromatic carbocycles. The average Bonchev–Trinajstić information content (AvgIpc) is 2.46. The van der Waals surface area contributed by atoms with Crippen LogP contribution < -0.4 is 5.32 Å². The fraction of sp³-hybridized carbons (Fsp3) is 0.647. The lowest BCUT2D eigenvalue weighted by Crippen LogP contribution is -2.52. The molecule has 2 atom stereocenters. The standard InChI is InChI=1S/C17H27NOS/c1-3-18-17(13-19)9-5-8-16(11-17)20-12-15-7-4-6-14(2)10-15/h4,6-7,10,16,18-19H,3,5,8-9,11-13H2,1-2H3. The van der Waals surface area contributed by atoms with E-state index in [-0.39, 0.29) is 12.1 Å². The highest BCUT2D eigenvalue weighted by Gasteiger charge is 2.35. The van der Waals surface area contributed by atoms with E-state index in [9.17, 15) is 5.11 Å². The maximum atomic E-state index is 9.74. The van der Waals surface area contributed by atoms with Crippen LogP contribution in [0.4, 0.5) is 0 Å². The third-order valence-corrected chi connectivity index (χ3v) is 5.60. The van der Waals surface area contributed by atoms with Crippen LogP contribution in [0.3, 0.4) is 0 Å². The first-order valence-corrected chi connectivity index (χ1v) is 8.75. The van der Waals surface area contributed by atoms with Gasteiger partial charge in [0.25, 0.3) is 0 Å². The normalized spacial score (nSPS) is 26.6. The van der Waals surface area contributed by atoms with Gasteiger partial charge in [0.2, 0.25) is 0 Å². The maximum absolute atomic E-state index is 9.74. The number of hydrogen-bond acceptors (Lipinski definition) is 3. The predicted octanol–water partition coefficient (Wildman–Crippen LogP) is 3.51. The number of aliphatic hydroxyl groups excluding tert-OH is 1. The molecule has 2 rings (SSSR count). The van der Waals surface area contributed by atoms with Crippen LogP contribution in [-0.4, -0.2) is 29.0 Å². The molecule has 0 radical (unpaired) electrons. The van der Waals surface area contributed by atoms with Crippen molar-refractivity contribution in [1.82, 2.24) is 5.32 Å². The quantitative estimate of drug-likeness (QED) is 0.842. The Morgan fingerprint density at radius 2 is 2.30 bits per heavy atom. The minimum absolute atomic E-state index is 0.0305. The summed E-state index contributed by atoms with van der Waals surface area (Å²) in [6.45, 7) is 5.48. The molecule has 1 aliphatic rings. The number of thioether (sulfide) groups is 1. The van der Waals surface area contributed by atoms with E-state index in [0.717, 1.165) is 25.1 Å². The SMILES string of the molecule is CCNC1(CO)CCCC(SCc2cccc(C)c2)C1. The Labute approximate surface area is 127 Å². The van der Waals surface area contributed by atoms with Gasteiger partial charge in [-0.25, -0.2) is 0 Å². The highest BCUT2D eigenvalue weighted by Crippen LogP contribution is 2.36. The molecule has 112 valence electrons. The summed E-state index contributed by atoms with van der Waals surface area (Å²) in [6, 6.07) is 8.78. The molecule has 2 N–H and O–H groups in total. The lowest BCUT2D eigenvalue weighted by atomic mass is 9.82. The van der Waals surface area contributed by atoms with E-state index in [0.29, 0.717) is 5.25 Å². The van der Waals surface area contributed by atoms with Gasteiger partial charge in [-0.05, 0) is 38.3 Å². The molecule has 2 unspecified atom stereocenters. The second-order valence-corrected chi connectivity index (χ2v) is 7.28. The van der Waals surface area contributed by atoms with E-state index >= 15 is 0 Å². The van der Waals surface area contributed by atoms with Gasteiger partial charge in [0.05, 0.1) is 6.61 Å². The van der Waals surface area contributed by atoms with Gasteiger partial charge in [0.15, 0.2) is 0 Å². The molecule has 0 aliphatic heterocycles. The van der Waals surface area contributed by atoms with E-state index in [1.54, 1.807) is 0 Å². The summed E-state index contributed by atoms with van der Waals surface area (Å²) in [5.41, 5.74) is 2.72. The fourth-order valence-electron chi connectivity index (χ4n) is 3.20. The van der Waals surface area contributed by atoms with Gasteiger partial charge in [-0.1, -0.05) is 43.2 Å². The molecule has 0 amide bonds. The predicted molar refractivity (Wildman–Crippen MR) is 88.2 cm³/mol. The van der Waals surface area contributed by atoms with Gasteiger partial charge in [-0.2, -0.15) is 11.8 Å². The molecule has 3 heteroatoms. The van der Waals surface area contributed by atoms with E-state index < -0.39 is 0 Å². The third kappa shape index (κ3) is 4.24. The monoisotopic (exact) mass is 293 g/mol. The van der Waals surface area contributed by atoms with Gasteiger partial charge in [0.1, 0.15) is 0 Å². The zero-order valence-electron chi connectivity index (χ0n) is 12.7. The first-order chi connectivity index (χ1) is 9.67. The van der Waals surface area contributed by atoms with Crippen LogP contribution in [0, 0.1) is 6.92 Å². The first-order valence-electron chi connectivity index (χ1n) is 7.70. The first kappa shape index (κ1) is 15.9. The Bertz CT molecular complexity index is 419. The van der Waals surface area contributed by atoms with Crippen LogP contribution in [0.5, 0.6) is 0 Å². The van der Waals surface area contributed by atoms with E-state index in [1.807, 2.05) is 0 Å². The Hall–Kier alpha value is -0.510. The van der Waals surface area contributed by atoms with Gasteiger partial charge in [0, 0.05) is 16.5 Å². The topological polar surface area (TPSA) is 32.3 Å². The third-order valence-electron chi connectivity index (χ3n) is 4.22. The molecule has 1 aliphatic carbocycles. The van der Waals surface area contributed by atoms with Crippen LogP contribution in [-0.2, 0) is 5.75 Å². The number of hydrogen-bond donors (Lipinski definition) is 2. The Morgan fingerprint density at radius 1 is 1.45 bits per heavy atom. The van der Waals surface area contributed by atoms with E-state index in [2.05, 4.69) is 55.2 Å². The molecule has 1 aromatic rings. The highest BCUT2D eigenvalue weighted by atomic mass is 32.2. The zero-order chi connectivity index (χ0) is 14.4. The van der Waals surface area contributed by atoms with E-state index in [4.69, 9.17) is 0 Å². The summed E-state index contributed by atoms with van der Waals surface area (Å²) in [4.78, 5) is 0. The van der Waals surface area contributed by atoms with Crippen molar-refractivity contribution in [3.63, 3.8) is 0 Å². The van der Waals surface area contributed by atoms with Crippen molar-refractivity contribution >= 4 is 11.8 Å². The summed E-state index contributed by atoms with van der Waals surface area (Å²) in [7, 11) is 0. The van der Waals surface area contributed by atoms with Crippen LogP contribution in [0.25, 0.3) is 0 Å². The summed E-state index contributed by atoms with van der Waals surface area (Å²) in [5, 5.41) is 13.9. The summed E-state index contributed by atoms with van der Waals surface area (Å²) in [5.74, 6) is 1.08. The molecular weight excluding hydrogens is 266 g/mol. The summed E-state index contributed by atoms with van der Waals surface area (Å²) < 4.78 is 0. The van der Waals surface area contributed by atoms with Crippen molar-refractivity contribution in [2.75, 3.05) is 13.2 Å². The van der Waals surface area contributed by atoms with Crippen molar-refractivity contribution in [1.29, 1.82) is 0 Å². The van der Waals surface area contributed by atoms with Crippen molar-refractivity contribution in [3.05, 3.63) is 35.4 Å². The zero-order valence-corrected chi connectivity index (χ0v) is 13.5. The largest absolute Gasteiger partial charge is 0.394 e. The number of aliphatic hydroxyl groups is 1. The van der Waals surface area contributed by atoms with Crippen LogP contribution in [0.1, 0.15) is 43.7 Å². The maximum Gasteiger partial charge on any atom is 0.0613 e. The second kappa shape index (κ2) is 7.48. The summed E-state index contributed by atoms with van der Waals surface area (Å²) in [6.07, 6.45) is 4.70. The van der Waals surface area contributed by atoms with Gasteiger partial charge in [-0.3, -0.25) is 0 Å². The highest BCUT2D eigenvalue weighted by molar-refractivity contribution is 7.99. The van der Waals surface area contributed by atoms with Crippen LogP contribution in [0.2, 0.25) is 0 Å². The van der Waals surface area contributed by atoms with Gasteiger partial charge >= 0.3 is 0 Å². The minimum atomic E-state index is -0.0305. The van der Waals surface area contributed by atoms with Gasteiger partial charge in [-0.15, -0.1) is 0 Å². The number of aryl methyl sites for hydroxylation is 1. The minimum Gasteiger partial charge on any atom is -0.394 e. The lowest BCUT2D eigenvalue weighted by Gasteiger charge is -2.40. The van der Waals surface area contributed by atoms with Crippen molar-refractivity contribution in [2.45, 2.75) is 56.1 Å². The molecule has 1 saturated carbocycles. The Kier molecular flexibility index (Phi) is 5.94. The molecule has 0 heterocycles. The van der Waals surface area contributed by atoms with Crippen molar-refractivity contribution in [2.24, 2.45) is 0 Å². The number of rotatable bonds is 6. The second-order valence-electron chi connectivity index (χ2n) is 5.99. The number of nitrogens with one attached hydrogen (secondary N) is 1. The molecule has 0 bridgehead atoms. The smallest absolute Gasteiger partial charge is 0.0613 e. The molecule has 0 saturated heterocycles. The molecule has 0 spiro atoms. The molecular formula is C17H27NOS. The van der Waals surface area contributed by atoms with Crippen LogP contribution >= 0.6 is 11.8 Å². The van der Waals surface area contributed by atoms with Crippen molar-refractivity contribution < 1.29 is 5.11 Å². The summed E-state index contributed by atoms with van der Waals surface area (Å²) >= 11 is 2.05. The molecule has 20 heavy (non-hydrogen) atoms. The fourth-order valence-corrected chi connectivity index (χ4v) is 4.58. The molecule has 2 nitrogen and oxygen atoms in total. The molecule has 1 fully saturated rings. The average molecular weight is 293 g/mol. The number of likely N-dealkylation sites (N-methyl/N-ethyl adjacent to an activating group) is 1. The van der Waals surface area contributed by atoms with Crippen LogP contribution in [0.15, 0.2) is 24.3 Å². The van der Waals surface area contributed by atoms with Gasteiger partial charge < -0.3 is 10.4 Å². The lowest BCUT2D eigenvalue weighted by molar-refractivity contribution is 0.125. The Morgan fingerprint density at radius 3 is 3.00 bits per heavy atom. The molecule has 0 aromatic heterocycles. The number of benzene rings is 1. The van der Waals surface area contributed by atoms with Crippen molar-refractivity contribution in [3.8, 4) is 0 Å². The van der Waals surface area contributed by atoms with E-state index in [1.165, 1.54) is 24.0 Å².